The summed E-state index contributed by atoms with van der Waals surface area (Å²) in [5, 5.41) is 3.68. The van der Waals surface area contributed by atoms with Gasteiger partial charge in [0, 0.05) is 6.04 Å². The molecule has 0 aliphatic carbocycles. The van der Waals surface area contributed by atoms with Crippen LogP contribution in [-0.4, -0.2) is 9.97 Å². The zero-order valence-corrected chi connectivity index (χ0v) is 10.6. The molecule has 0 radical (unpaired) electrons. The van der Waals surface area contributed by atoms with Crippen molar-refractivity contribution in [2.75, 3.05) is 10.7 Å². The molecule has 6 heteroatoms. The summed E-state index contributed by atoms with van der Waals surface area (Å²) < 4.78 is 0. The SMILES string of the molecule is CC(Nc1nc(NN)ncc1Cl)c1ccccc1. The first kappa shape index (κ1) is 12.6. The molecule has 0 spiro atoms. The van der Waals surface area contributed by atoms with Crippen LogP contribution in [-0.2, 0) is 0 Å². The van der Waals surface area contributed by atoms with E-state index in [1.54, 1.807) is 0 Å². The van der Waals surface area contributed by atoms with Crippen molar-refractivity contribution in [3.63, 3.8) is 0 Å². The van der Waals surface area contributed by atoms with Gasteiger partial charge in [-0.05, 0) is 12.5 Å². The van der Waals surface area contributed by atoms with Crippen LogP contribution in [0.25, 0.3) is 0 Å². The third kappa shape index (κ3) is 2.88. The van der Waals surface area contributed by atoms with Crippen LogP contribution in [0.3, 0.4) is 0 Å². The smallest absolute Gasteiger partial charge is 0.239 e. The molecule has 0 amide bonds. The van der Waals surface area contributed by atoms with Crippen LogP contribution >= 0.6 is 11.6 Å². The maximum absolute atomic E-state index is 6.03. The molecular weight excluding hydrogens is 250 g/mol. The Morgan fingerprint density at radius 1 is 1.28 bits per heavy atom. The molecule has 0 aliphatic heterocycles. The van der Waals surface area contributed by atoms with Gasteiger partial charge in [0.1, 0.15) is 5.02 Å². The highest BCUT2D eigenvalue weighted by atomic mass is 35.5. The van der Waals surface area contributed by atoms with E-state index >= 15 is 0 Å². The summed E-state index contributed by atoms with van der Waals surface area (Å²) in [4.78, 5) is 8.08. The van der Waals surface area contributed by atoms with Crippen molar-refractivity contribution in [1.82, 2.24) is 9.97 Å². The lowest BCUT2D eigenvalue weighted by atomic mass is 10.1. The predicted octanol–water partition coefficient (Wildman–Crippen LogP) is 2.59. The average molecular weight is 264 g/mol. The van der Waals surface area contributed by atoms with Gasteiger partial charge < -0.3 is 5.32 Å². The van der Waals surface area contributed by atoms with Gasteiger partial charge in [0.2, 0.25) is 5.95 Å². The topological polar surface area (TPSA) is 75.9 Å². The van der Waals surface area contributed by atoms with E-state index < -0.39 is 0 Å². The Morgan fingerprint density at radius 3 is 2.67 bits per heavy atom. The largest absolute Gasteiger partial charge is 0.362 e. The lowest BCUT2D eigenvalue weighted by Crippen LogP contribution is -2.13. The number of nitrogens with one attached hydrogen (secondary N) is 2. The van der Waals surface area contributed by atoms with Gasteiger partial charge in [-0.25, -0.2) is 10.8 Å². The summed E-state index contributed by atoms with van der Waals surface area (Å²) in [6.07, 6.45) is 1.50. The van der Waals surface area contributed by atoms with Crippen molar-refractivity contribution >= 4 is 23.4 Å². The minimum atomic E-state index is 0.0872. The van der Waals surface area contributed by atoms with Crippen molar-refractivity contribution in [2.45, 2.75) is 13.0 Å². The molecule has 0 bridgehead atoms. The number of hydrogen-bond acceptors (Lipinski definition) is 5. The number of aromatic nitrogens is 2. The second-order valence-electron chi connectivity index (χ2n) is 3.81. The molecule has 1 heterocycles. The second-order valence-corrected chi connectivity index (χ2v) is 4.22. The van der Waals surface area contributed by atoms with Crippen LogP contribution in [0.1, 0.15) is 18.5 Å². The average Bonchev–Trinajstić information content (AvgIpc) is 2.42. The van der Waals surface area contributed by atoms with E-state index in [4.69, 9.17) is 17.4 Å². The van der Waals surface area contributed by atoms with Crippen LogP contribution in [0.15, 0.2) is 36.5 Å². The first-order valence-corrected chi connectivity index (χ1v) is 5.89. The Kier molecular flexibility index (Phi) is 3.96. The van der Waals surface area contributed by atoms with E-state index in [-0.39, 0.29) is 6.04 Å². The van der Waals surface area contributed by atoms with Crippen molar-refractivity contribution in [3.8, 4) is 0 Å². The summed E-state index contributed by atoms with van der Waals surface area (Å²) in [5.74, 6) is 6.14. The molecule has 1 aromatic heterocycles. The van der Waals surface area contributed by atoms with Crippen LogP contribution in [0, 0.1) is 0 Å². The Morgan fingerprint density at radius 2 is 2.00 bits per heavy atom. The normalized spacial score (nSPS) is 11.9. The maximum Gasteiger partial charge on any atom is 0.239 e. The molecule has 1 atom stereocenters. The fraction of sp³-hybridized carbons (Fsp3) is 0.167. The van der Waals surface area contributed by atoms with Crippen LogP contribution in [0.4, 0.5) is 11.8 Å². The third-order valence-electron chi connectivity index (χ3n) is 2.53. The summed E-state index contributed by atoms with van der Waals surface area (Å²) >= 11 is 6.03. The van der Waals surface area contributed by atoms with Crippen molar-refractivity contribution in [1.29, 1.82) is 0 Å². The van der Waals surface area contributed by atoms with Gasteiger partial charge in [0.15, 0.2) is 5.82 Å². The highest BCUT2D eigenvalue weighted by Crippen LogP contribution is 2.24. The van der Waals surface area contributed by atoms with E-state index in [1.165, 1.54) is 6.20 Å². The standard InChI is InChI=1S/C12H14ClN5/c1-8(9-5-3-2-4-6-9)16-11-10(13)7-15-12(17-11)18-14/h2-8H,14H2,1H3,(H2,15,16,17,18). The fourth-order valence-corrected chi connectivity index (χ4v) is 1.71. The van der Waals surface area contributed by atoms with Gasteiger partial charge in [-0.15, -0.1) is 0 Å². The molecule has 0 saturated heterocycles. The first-order valence-electron chi connectivity index (χ1n) is 5.51. The Labute approximate surface area is 110 Å². The van der Waals surface area contributed by atoms with Crippen LogP contribution in [0.2, 0.25) is 5.02 Å². The molecule has 2 rings (SSSR count). The Bertz CT molecular complexity index is 517. The number of anilines is 2. The second kappa shape index (κ2) is 5.66. The Balaban J connectivity index is 2.18. The predicted molar refractivity (Wildman–Crippen MR) is 73.3 cm³/mol. The van der Waals surface area contributed by atoms with Crippen molar-refractivity contribution in [3.05, 3.63) is 47.1 Å². The number of nitrogens with zero attached hydrogens (tertiary/aromatic N) is 2. The number of halogens is 1. The van der Waals surface area contributed by atoms with Crippen molar-refractivity contribution < 1.29 is 0 Å². The van der Waals surface area contributed by atoms with Gasteiger partial charge in [-0.1, -0.05) is 41.9 Å². The highest BCUT2D eigenvalue weighted by Gasteiger charge is 2.09. The van der Waals surface area contributed by atoms with Gasteiger partial charge in [0.25, 0.3) is 0 Å². The van der Waals surface area contributed by atoms with Gasteiger partial charge in [0.05, 0.1) is 6.20 Å². The lowest BCUT2D eigenvalue weighted by molar-refractivity contribution is 0.872. The summed E-state index contributed by atoms with van der Waals surface area (Å²) in [7, 11) is 0. The minimum Gasteiger partial charge on any atom is -0.362 e. The molecule has 1 aromatic carbocycles. The fourth-order valence-electron chi connectivity index (χ4n) is 1.57. The monoisotopic (exact) mass is 263 g/mol. The first-order chi connectivity index (χ1) is 8.70. The van der Waals surface area contributed by atoms with E-state index in [1.807, 2.05) is 37.3 Å². The number of nitrogen functional groups attached to an aromatic ring is 1. The van der Waals surface area contributed by atoms with E-state index in [0.29, 0.717) is 16.8 Å². The molecule has 94 valence electrons. The molecule has 1 unspecified atom stereocenters. The molecular formula is C12H14ClN5. The van der Waals surface area contributed by atoms with E-state index in [2.05, 4.69) is 20.7 Å². The number of rotatable bonds is 4. The zero-order valence-electron chi connectivity index (χ0n) is 9.89. The number of hydrogen-bond donors (Lipinski definition) is 3. The van der Waals surface area contributed by atoms with Crippen molar-refractivity contribution in [2.24, 2.45) is 5.84 Å². The minimum absolute atomic E-state index is 0.0872. The third-order valence-corrected chi connectivity index (χ3v) is 2.80. The maximum atomic E-state index is 6.03. The number of nitrogens with two attached hydrogens (primary N) is 1. The lowest BCUT2D eigenvalue weighted by Gasteiger charge is -2.16. The van der Waals surface area contributed by atoms with Gasteiger partial charge in [-0.3, -0.25) is 5.43 Å². The van der Waals surface area contributed by atoms with Gasteiger partial charge in [-0.2, -0.15) is 4.98 Å². The quantitative estimate of drug-likeness (QED) is 0.584. The molecule has 0 fully saturated rings. The number of benzene rings is 1. The van der Waals surface area contributed by atoms with E-state index in [9.17, 15) is 0 Å². The Hall–Kier alpha value is -1.85. The number of hydrazine groups is 1. The van der Waals surface area contributed by atoms with E-state index in [0.717, 1.165) is 5.56 Å². The van der Waals surface area contributed by atoms with Crippen LogP contribution in [0.5, 0.6) is 0 Å². The molecule has 0 aliphatic rings. The summed E-state index contributed by atoms with van der Waals surface area (Å²) in [6.45, 7) is 2.03. The van der Waals surface area contributed by atoms with Gasteiger partial charge >= 0.3 is 0 Å². The highest BCUT2D eigenvalue weighted by molar-refractivity contribution is 6.32. The van der Waals surface area contributed by atoms with Crippen LogP contribution < -0.4 is 16.6 Å². The molecule has 5 nitrogen and oxygen atoms in total. The molecule has 18 heavy (non-hydrogen) atoms. The zero-order chi connectivity index (χ0) is 13.0. The summed E-state index contributed by atoms with van der Waals surface area (Å²) in [5.41, 5.74) is 3.53. The molecule has 4 N–H and O–H groups in total. The molecule has 0 saturated carbocycles. The molecule has 2 aromatic rings. The summed E-state index contributed by atoms with van der Waals surface area (Å²) in [6, 6.07) is 10.1.